The molecule has 0 bridgehead atoms. The molecule has 0 aromatic heterocycles. The van der Waals surface area contributed by atoms with Gasteiger partial charge in [-0.2, -0.15) is 0 Å². The summed E-state index contributed by atoms with van der Waals surface area (Å²) in [6, 6.07) is 9.01. The van der Waals surface area contributed by atoms with Gasteiger partial charge in [0.15, 0.2) is 0 Å². The average Bonchev–Trinajstić information content (AvgIpc) is 3.00. The summed E-state index contributed by atoms with van der Waals surface area (Å²) in [5, 5.41) is 3.09. The summed E-state index contributed by atoms with van der Waals surface area (Å²) in [5.74, 6) is 0.147. The van der Waals surface area contributed by atoms with Crippen LogP contribution in [0.3, 0.4) is 0 Å². The fourth-order valence-electron chi connectivity index (χ4n) is 3.88. The quantitative estimate of drug-likeness (QED) is 0.814. The van der Waals surface area contributed by atoms with Crippen LogP contribution in [0.1, 0.15) is 55.7 Å². The van der Waals surface area contributed by atoms with Crippen LogP contribution in [0, 0.1) is 0 Å². The fraction of sp³-hybridized carbons (Fsp3) is 0.550. The molecule has 2 aliphatic carbocycles. The van der Waals surface area contributed by atoms with Crippen LogP contribution >= 0.6 is 0 Å². The molecule has 1 unspecified atom stereocenters. The maximum absolute atomic E-state index is 12.2. The highest BCUT2D eigenvalue weighted by atomic mass is 16.2. The minimum absolute atomic E-state index is 0.147. The van der Waals surface area contributed by atoms with Crippen molar-refractivity contribution >= 4 is 5.91 Å². The van der Waals surface area contributed by atoms with E-state index in [4.69, 9.17) is 0 Å². The molecule has 1 atom stereocenters. The molecule has 0 saturated heterocycles. The maximum Gasteiger partial charge on any atom is 0.234 e. The third-order valence-electron chi connectivity index (χ3n) is 5.18. The first kappa shape index (κ1) is 16.3. The van der Waals surface area contributed by atoms with Gasteiger partial charge >= 0.3 is 0 Å². The number of hydrogen-bond donors (Lipinski definition) is 1. The van der Waals surface area contributed by atoms with E-state index in [1.165, 1.54) is 42.4 Å². The minimum Gasteiger partial charge on any atom is -0.355 e. The second-order valence-corrected chi connectivity index (χ2v) is 6.88. The van der Waals surface area contributed by atoms with E-state index >= 15 is 0 Å². The minimum atomic E-state index is 0.147. The number of nitrogens with zero attached hydrogens (tertiary/aromatic N) is 1. The molecule has 0 aliphatic heterocycles. The van der Waals surface area contributed by atoms with Crippen LogP contribution in [0.5, 0.6) is 0 Å². The zero-order chi connectivity index (χ0) is 16.1. The van der Waals surface area contributed by atoms with Crippen LogP contribution < -0.4 is 5.32 Å². The molecular weight excluding hydrogens is 284 g/mol. The van der Waals surface area contributed by atoms with Gasteiger partial charge in [0, 0.05) is 12.6 Å². The maximum atomic E-state index is 12.2. The van der Waals surface area contributed by atoms with Crippen molar-refractivity contribution in [1.29, 1.82) is 0 Å². The standard InChI is InChI=1S/C20H28N2O/c1-22(19-12-11-17-9-5-6-10-18(17)19)15-20(23)21-14-13-16-7-3-2-4-8-16/h5-7,9-10,19H,2-4,8,11-15H2,1H3,(H,21,23). The number of benzene rings is 1. The van der Waals surface area contributed by atoms with E-state index in [-0.39, 0.29) is 5.91 Å². The molecule has 1 aromatic rings. The number of nitrogens with one attached hydrogen (secondary N) is 1. The predicted molar refractivity (Wildman–Crippen MR) is 94.3 cm³/mol. The first-order valence-electron chi connectivity index (χ1n) is 8.96. The summed E-state index contributed by atoms with van der Waals surface area (Å²) in [6.45, 7) is 1.26. The van der Waals surface area contributed by atoms with Gasteiger partial charge in [0.2, 0.25) is 5.91 Å². The topological polar surface area (TPSA) is 32.3 Å². The summed E-state index contributed by atoms with van der Waals surface area (Å²) in [5.41, 5.74) is 4.36. The molecule has 0 heterocycles. The molecule has 3 heteroatoms. The van der Waals surface area contributed by atoms with Crippen LogP contribution in [0.15, 0.2) is 35.9 Å². The number of allylic oxidation sites excluding steroid dienone is 1. The molecule has 124 valence electrons. The fourth-order valence-corrected chi connectivity index (χ4v) is 3.88. The van der Waals surface area contributed by atoms with Gasteiger partial charge in [0.1, 0.15) is 0 Å². The number of carbonyl (C=O) groups is 1. The number of likely N-dealkylation sites (N-methyl/N-ethyl adjacent to an activating group) is 1. The SMILES string of the molecule is CN(CC(=O)NCCC1=CCCCC1)C1CCc2ccccc21. The molecular formula is C20H28N2O. The first-order valence-corrected chi connectivity index (χ1v) is 8.96. The van der Waals surface area contributed by atoms with Gasteiger partial charge in [-0.25, -0.2) is 0 Å². The van der Waals surface area contributed by atoms with Gasteiger partial charge in [0.25, 0.3) is 0 Å². The molecule has 3 nitrogen and oxygen atoms in total. The molecule has 1 N–H and O–H groups in total. The van der Waals surface area contributed by atoms with Crippen molar-refractivity contribution in [3.05, 3.63) is 47.0 Å². The molecule has 3 rings (SSSR count). The lowest BCUT2D eigenvalue weighted by molar-refractivity contribution is -0.122. The number of amides is 1. The average molecular weight is 312 g/mol. The Morgan fingerprint density at radius 1 is 1.26 bits per heavy atom. The molecule has 1 amide bonds. The zero-order valence-corrected chi connectivity index (χ0v) is 14.2. The van der Waals surface area contributed by atoms with Crippen LogP contribution in [-0.4, -0.2) is 30.9 Å². The molecule has 0 saturated carbocycles. The van der Waals surface area contributed by atoms with E-state index < -0.39 is 0 Å². The molecule has 0 spiro atoms. The summed E-state index contributed by atoms with van der Waals surface area (Å²) in [7, 11) is 2.07. The van der Waals surface area contributed by atoms with Crippen molar-refractivity contribution in [2.45, 2.75) is 51.0 Å². The number of fused-ring (bicyclic) bond motifs is 1. The third kappa shape index (κ3) is 4.23. The zero-order valence-electron chi connectivity index (χ0n) is 14.2. The Labute approximate surface area is 139 Å². The highest BCUT2D eigenvalue weighted by Gasteiger charge is 2.26. The number of aryl methyl sites for hydroxylation is 1. The van der Waals surface area contributed by atoms with Crippen molar-refractivity contribution < 1.29 is 4.79 Å². The van der Waals surface area contributed by atoms with Crippen LogP contribution in [0.2, 0.25) is 0 Å². The van der Waals surface area contributed by atoms with Gasteiger partial charge in [-0.3, -0.25) is 9.69 Å². The van der Waals surface area contributed by atoms with Crippen LogP contribution in [-0.2, 0) is 11.2 Å². The van der Waals surface area contributed by atoms with Gasteiger partial charge < -0.3 is 5.32 Å². The number of carbonyl (C=O) groups excluding carboxylic acids is 1. The Balaban J connectivity index is 1.44. The van der Waals surface area contributed by atoms with Gasteiger partial charge in [-0.1, -0.05) is 35.9 Å². The molecule has 0 radical (unpaired) electrons. The Morgan fingerprint density at radius 2 is 2.13 bits per heavy atom. The summed E-state index contributed by atoms with van der Waals surface area (Å²) < 4.78 is 0. The van der Waals surface area contributed by atoms with Gasteiger partial charge in [0.05, 0.1) is 6.54 Å². The highest BCUT2D eigenvalue weighted by Crippen LogP contribution is 2.34. The van der Waals surface area contributed by atoms with Crippen LogP contribution in [0.25, 0.3) is 0 Å². The summed E-state index contributed by atoms with van der Waals surface area (Å²) in [4.78, 5) is 14.4. The lowest BCUT2D eigenvalue weighted by Gasteiger charge is -2.24. The van der Waals surface area contributed by atoms with Crippen molar-refractivity contribution in [3.8, 4) is 0 Å². The van der Waals surface area contributed by atoms with E-state index in [0.717, 1.165) is 25.8 Å². The summed E-state index contributed by atoms with van der Waals surface area (Å²) in [6.07, 6.45) is 10.7. The Hall–Kier alpha value is -1.61. The van der Waals surface area contributed by atoms with E-state index in [1.54, 1.807) is 0 Å². The normalized spacial score (nSPS) is 20.3. The Kier molecular flexibility index (Phi) is 5.50. The molecule has 23 heavy (non-hydrogen) atoms. The van der Waals surface area contributed by atoms with E-state index in [0.29, 0.717) is 12.6 Å². The van der Waals surface area contributed by atoms with Crippen LogP contribution in [0.4, 0.5) is 0 Å². The Morgan fingerprint density at radius 3 is 2.96 bits per heavy atom. The van der Waals surface area contributed by atoms with E-state index in [9.17, 15) is 4.79 Å². The largest absolute Gasteiger partial charge is 0.355 e. The lowest BCUT2D eigenvalue weighted by atomic mass is 9.97. The first-order chi connectivity index (χ1) is 11.2. The second kappa shape index (κ2) is 7.78. The monoisotopic (exact) mass is 312 g/mol. The van der Waals surface area contributed by atoms with Gasteiger partial charge in [-0.05, 0) is 63.1 Å². The lowest BCUT2D eigenvalue weighted by Crippen LogP contribution is -2.37. The van der Waals surface area contributed by atoms with Crippen molar-refractivity contribution in [2.75, 3.05) is 20.1 Å². The third-order valence-corrected chi connectivity index (χ3v) is 5.18. The molecule has 0 fully saturated rings. The van der Waals surface area contributed by atoms with Crippen molar-refractivity contribution in [3.63, 3.8) is 0 Å². The number of hydrogen-bond acceptors (Lipinski definition) is 2. The summed E-state index contributed by atoms with van der Waals surface area (Å²) >= 11 is 0. The van der Waals surface area contributed by atoms with Crippen molar-refractivity contribution in [1.82, 2.24) is 10.2 Å². The smallest absolute Gasteiger partial charge is 0.234 e. The molecule has 2 aliphatic rings. The number of rotatable bonds is 6. The Bertz CT molecular complexity index is 579. The van der Waals surface area contributed by atoms with Gasteiger partial charge in [-0.15, -0.1) is 0 Å². The molecule has 1 aromatic carbocycles. The second-order valence-electron chi connectivity index (χ2n) is 6.88. The van der Waals surface area contributed by atoms with E-state index in [2.05, 4.69) is 47.6 Å². The highest BCUT2D eigenvalue weighted by molar-refractivity contribution is 5.78. The predicted octanol–water partition coefficient (Wildman–Crippen LogP) is 3.61. The van der Waals surface area contributed by atoms with E-state index in [1.807, 2.05) is 0 Å². The van der Waals surface area contributed by atoms with Crippen molar-refractivity contribution in [2.24, 2.45) is 0 Å².